The van der Waals surface area contributed by atoms with Crippen molar-refractivity contribution in [1.82, 2.24) is 0 Å². The van der Waals surface area contributed by atoms with Crippen molar-refractivity contribution in [2.24, 2.45) is 10.2 Å². The SMILES string of the molecule is CCOCC(O)CN(CC(O)COCC)c1cc(NC(C)=O)c(N=Nc2c(Br)cc([N+](=O)[O-])cc2[N+](=O)[O-])cc1OC. The molecule has 0 radical (unpaired) electrons. The van der Waals surface area contributed by atoms with Crippen LogP contribution in [-0.4, -0.2) is 84.8 Å². The molecule has 3 N–H and O–H groups in total. The molecule has 0 saturated heterocycles. The van der Waals surface area contributed by atoms with E-state index in [4.69, 9.17) is 14.2 Å². The first kappa shape index (κ1) is 34.4. The van der Waals surface area contributed by atoms with Gasteiger partial charge in [0.1, 0.15) is 11.4 Å². The Balaban J connectivity index is 2.64. The number of halogens is 1. The molecule has 2 aromatic carbocycles. The van der Waals surface area contributed by atoms with Crippen LogP contribution in [0.4, 0.5) is 34.1 Å². The van der Waals surface area contributed by atoms with Gasteiger partial charge in [-0.1, -0.05) is 0 Å². The molecule has 16 nitrogen and oxygen atoms in total. The average Bonchev–Trinajstić information content (AvgIpc) is 2.93. The highest BCUT2D eigenvalue weighted by molar-refractivity contribution is 9.10. The number of methoxy groups -OCH3 is 1. The van der Waals surface area contributed by atoms with Gasteiger partial charge in [0.2, 0.25) is 5.91 Å². The summed E-state index contributed by atoms with van der Waals surface area (Å²) in [5.41, 5.74) is -0.935. The number of nitrogens with zero attached hydrogens (tertiary/aromatic N) is 5. The molecule has 17 heteroatoms. The van der Waals surface area contributed by atoms with Crippen LogP contribution in [0.25, 0.3) is 0 Å². The molecule has 0 aliphatic carbocycles. The van der Waals surface area contributed by atoms with Crippen LogP contribution >= 0.6 is 15.9 Å². The second-order valence-corrected chi connectivity index (χ2v) is 9.62. The zero-order valence-corrected chi connectivity index (χ0v) is 25.1. The largest absolute Gasteiger partial charge is 0.494 e. The molecule has 0 aliphatic rings. The molecule has 0 aliphatic heterocycles. The van der Waals surface area contributed by atoms with Crippen LogP contribution in [0.1, 0.15) is 20.8 Å². The van der Waals surface area contributed by atoms with Crippen molar-refractivity contribution in [2.45, 2.75) is 33.0 Å². The molecular weight excluding hydrogens is 624 g/mol. The van der Waals surface area contributed by atoms with E-state index < -0.39 is 39.3 Å². The van der Waals surface area contributed by atoms with Crippen molar-refractivity contribution in [3.63, 3.8) is 0 Å². The van der Waals surface area contributed by atoms with E-state index in [2.05, 4.69) is 31.5 Å². The second-order valence-electron chi connectivity index (χ2n) is 8.76. The van der Waals surface area contributed by atoms with Gasteiger partial charge in [-0.15, -0.1) is 10.2 Å². The summed E-state index contributed by atoms with van der Waals surface area (Å²) in [5, 5.41) is 54.6. The van der Waals surface area contributed by atoms with Gasteiger partial charge in [-0.3, -0.25) is 25.0 Å². The van der Waals surface area contributed by atoms with E-state index in [0.717, 1.165) is 12.1 Å². The van der Waals surface area contributed by atoms with Gasteiger partial charge in [0.05, 0.1) is 64.3 Å². The van der Waals surface area contributed by atoms with Crippen LogP contribution in [0.5, 0.6) is 5.75 Å². The maximum Gasteiger partial charge on any atom is 0.304 e. The van der Waals surface area contributed by atoms with Gasteiger partial charge >= 0.3 is 5.69 Å². The minimum atomic E-state index is -0.947. The fourth-order valence-corrected chi connectivity index (χ4v) is 4.27. The lowest BCUT2D eigenvalue weighted by Gasteiger charge is -2.31. The highest BCUT2D eigenvalue weighted by Crippen LogP contribution is 2.43. The van der Waals surface area contributed by atoms with Crippen LogP contribution in [0.3, 0.4) is 0 Å². The van der Waals surface area contributed by atoms with Gasteiger partial charge in [0.15, 0.2) is 5.69 Å². The van der Waals surface area contributed by atoms with Gasteiger partial charge in [-0.25, -0.2) is 0 Å². The van der Waals surface area contributed by atoms with Crippen LogP contribution in [0, 0.1) is 20.2 Å². The van der Waals surface area contributed by atoms with Crippen molar-refractivity contribution < 1.29 is 39.1 Å². The minimum absolute atomic E-state index is 0.0157. The number of carbonyl (C=O) groups is 1. The zero-order valence-electron chi connectivity index (χ0n) is 23.5. The number of non-ortho nitro benzene ring substituents is 1. The van der Waals surface area contributed by atoms with E-state index in [9.17, 15) is 35.2 Å². The van der Waals surface area contributed by atoms with Gasteiger partial charge in [-0.05, 0) is 35.8 Å². The number of hydrogen-bond acceptors (Lipinski definition) is 13. The Morgan fingerprint density at radius 3 is 2.10 bits per heavy atom. The van der Waals surface area contributed by atoms with Crippen LogP contribution in [-0.2, 0) is 14.3 Å². The molecule has 0 saturated carbocycles. The zero-order chi connectivity index (χ0) is 31.4. The molecule has 0 bridgehead atoms. The van der Waals surface area contributed by atoms with Gasteiger partial charge < -0.3 is 34.6 Å². The van der Waals surface area contributed by atoms with E-state index in [1.807, 2.05) is 0 Å². The van der Waals surface area contributed by atoms with E-state index >= 15 is 0 Å². The minimum Gasteiger partial charge on any atom is -0.494 e. The summed E-state index contributed by atoms with van der Waals surface area (Å²) in [4.78, 5) is 34.9. The number of nitrogens with one attached hydrogen (secondary N) is 1. The molecule has 1 amide bonds. The summed E-state index contributed by atoms with van der Waals surface area (Å²) in [6.45, 7) is 5.72. The van der Waals surface area contributed by atoms with E-state index in [0.29, 0.717) is 18.9 Å². The average molecular weight is 657 g/mol. The van der Waals surface area contributed by atoms with Gasteiger partial charge in [-0.2, -0.15) is 0 Å². The number of aliphatic hydroxyl groups is 2. The molecule has 2 atom stereocenters. The number of azo groups is 1. The first-order valence-corrected chi connectivity index (χ1v) is 13.5. The number of nitro groups is 2. The van der Waals surface area contributed by atoms with Gasteiger partial charge in [0, 0.05) is 45.4 Å². The number of rotatable bonds is 17. The summed E-state index contributed by atoms with van der Waals surface area (Å²) in [5.74, 6) is -0.257. The Morgan fingerprint density at radius 2 is 1.62 bits per heavy atom. The highest BCUT2D eigenvalue weighted by atomic mass is 79.9. The number of aliphatic hydroxyl groups excluding tert-OH is 2. The van der Waals surface area contributed by atoms with Crippen molar-refractivity contribution in [3.8, 4) is 5.75 Å². The molecule has 0 aromatic heterocycles. The van der Waals surface area contributed by atoms with Crippen molar-refractivity contribution in [1.29, 1.82) is 0 Å². The summed E-state index contributed by atoms with van der Waals surface area (Å²) in [6.07, 6.45) is -1.89. The molecule has 0 fully saturated rings. The fraction of sp³-hybridized carbons (Fsp3) is 0.480. The van der Waals surface area contributed by atoms with E-state index in [-0.39, 0.29) is 53.6 Å². The Morgan fingerprint density at radius 1 is 1.02 bits per heavy atom. The van der Waals surface area contributed by atoms with E-state index in [1.165, 1.54) is 26.2 Å². The first-order chi connectivity index (χ1) is 19.9. The third kappa shape index (κ3) is 9.95. The van der Waals surface area contributed by atoms with E-state index in [1.54, 1.807) is 18.7 Å². The predicted molar refractivity (Wildman–Crippen MR) is 156 cm³/mol. The predicted octanol–water partition coefficient (Wildman–Crippen LogP) is 4.25. The quantitative estimate of drug-likeness (QED) is 0.124. The number of carbonyl (C=O) groups excluding carboxylic acids is 1. The summed E-state index contributed by atoms with van der Waals surface area (Å²) in [6, 6.07) is 4.72. The Hall–Kier alpha value is -3.77. The Bertz CT molecular complexity index is 1280. The molecule has 2 unspecified atom stereocenters. The molecule has 230 valence electrons. The summed E-state index contributed by atoms with van der Waals surface area (Å²) >= 11 is 3.08. The lowest BCUT2D eigenvalue weighted by atomic mass is 10.1. The van der Waals surface area contributed by atoms with Crippen LogP contribution in [0.2, 0.25) is 0 Å². The van der Waals surface area contributed by atoms with Crippen molar-refractivity contribution in [3.05, 3.63) is 49.0 Å². The topological polar surface area (TPSA) is 211 Å². The number of benzene rings is 2. The number of amides is 1. The summed E-state index contributed by atoms with van der Waals surface area (Å²) < 4.78 is 16.1. The Kier molecular flexibility index (Phi) is 13.6. The van der Waals surface area contributed by atoms with Gasteiger partial charge in [0.25, 0.3) is 5.69 Å². The third-order valence-electron chi connectivity index (χ3n) is 5.53. The van der Waals surface area contributed by atoms with Crippen LogP contribution in [0.15, 0.2) is 39.0 Å². The number of hydrogen-bond donors (Lipinski definition) is 3. The molecule has 42 heavy (non-hydrogen) atoms. The van der Waals surface area contributed by atoms with Crippen LogP contribution < -0.4 is 15.0 Å². The monoisotopic (exact) mass is 656 g/mol. The maximum atomic E-state index is 12.1. The standard InChI is InChI=1S/C25H33BrN6O10/c1-5-41-13-17(34)11-30(12-18(35)14-42-6-2)22-9-20(27-15(3)33)21(10-24(22)40-4)28-29-25-19(26)7-16(31(36)37)8-23(25)32(38)39/h7-10,17-18,34-35H,5-6,11-14H2,1-4H3,(H,27,33). The summed E-state index contributed by atoms with van der Waals surface area (Å²) in [7, 11) is 1.38. The first-order valence-electron chi connectivity index (χ1n) is 12.7. The smallest absolute Gasteiger partial charge is 0.304 e. The number of anilines is 2. The lowest BCUT2D eigenvalue weighted by Crippen LogP contribution is -2.41. The Labute approximate surface area is 249 Å². The lowest BCUT2D eigenvalue weighted by molar-refractivity contribution is -0.393. The maximum absolute atomic E-state index is 12.1. The number of ether oxygens (including phenoxy) is 3. The molecule has 0 spiro atoms. The molecular formula is C25H33BrN6O10. The fourth-order valence-electron chi connectivity index (χ4n) is 3.75. The molecule has 2 aromatic rings. The third-order valence-corrected chi connectivity index (χ3v) is 6.14. The normalized spacial score (nSPS) is 12.6. The molecule has 2 rings (SSSR count). The molecule has 0 heterocycles. The van der Waals surface area contributed by atoms with Crippen molar-refractivity contribution >= 4 is 56.0 Å². The highest BCUT2D eigenvalue weighted by Gasteiger charge is 2.25. The number of nitro benzene ring substituents is 2. The van der Waals surface area contributed by atoms with Crippen molar-refractivity contribution in [2.75, 3.05) is 56.8 Å². The second kappa shape index (κ2) is 16.6.